The third kappa shape index (κ3) is 2.99. The van der Waals surface area contributed by atoms with Crippen LogP contribution >= 0.6 is 0 Å². The Labute approximate surface area is 149 Å². The Balaban J connectivity index is 1.54. The quantitative estimate of drug-likeness (QED) is 0.777. The number of rotatable bonds is 3. The maximum Gasteiger partial charge on any atom is 0.270 e. The molecule has 1 amide bonds. The van der Waals surface area contributed by atoms with Crippen LogP contribution in [0.15, 0.2) is 47.5 Å². The fourth-order valence-electron chi connectivity index (χ4n) is 2.81. The van der Waals surface area contributed by atoms with E-state index in [-0.39, 0.29) is 12.1 Å². The van der Waals surface area contributed by atoms with Crippen molar-refractivity contribution in [1.29, 1.82) is 0 Å². The van der Waals surface area contributed by atoms with Gasteiger partial charge in [0.05, 0.1) is 0 Å². The molecule has 0 saturated heterocycles. The molecule has 0 saturated carbocycles. The van der Waals surface area contributed by atoms with E-state index in [0.29, 0.717) is 30.4 Å². The first-order valence-electron chi connectivity index (χ1n) is 8.26. The van der Waals surface area contributed by atoms with Gasteiger partial charge in [0.1, 0.15) is 24.4 Å². The number of carbonyl (C=O) groups excluding carboxylic acids is 1. The Morgan fingerprint density at radius 3 is 2.85 bits per heavy atom. The minimum Gasteiger partial charge on any atom is -0.486 e. The number of pyridine rings is 1. The highest BCUT2D eigenvalue weighted by Crippen LogP contribution is 2.30. The van der Waals surface area contributed by atoms with Crippen molar-refractivity contribution in [2.45, 2.75) is 13.5 Å². The summed E-state index contributed by atoms with van der Waals surface area (Å²) in [5.74, 6) is 0.887. The highest BCUT2D eigenvalue weighted by atomic mass is 16.6. The lowest BCUT2D eigenvalue weighted by molar-refractivity contribution is 0.0948. The molecule has 0 spiro atoms. The van der Waals surface area contributed by atoms with Crippen LogP contribution in [0.2, 0.25) is 0 Å². The summed E-state index contributed by atoms with van der Waals surface area (Å²) in [4.78, 5) is 29.2. The zero-order valence-corrected chi connectivity index (χ0v) is 14.2. The number of aromatic nitrogens is 2. The van der Waals surface area contributed by atoms with Crippen molar-refractivity contribution in [2.75, 3.05) is 13.2 Å². The van der Waals surface area contributed by atoms with Crippen molar-refractivity contribution in [2.24, 2.45) is 0 Å². The Morgan fingerprint density at radius 2 is 2.00 bits per heavy atom. The van der Waals surface area contributed by atoms with Gasteiger partial charge >= 0.3 is 0 Å². The van der Waals surface area contributed by atoms with E-state index in [9.17, 15) is 9.59 Å². The van der Waals surface area contributed by atoms with Crippen LogP contribution in [0.1, 0.15) is 21.5 Å². The van der Waals surface area contributed by atoms with Crippen LogP contribution < -0.4 is 20.3 Å². The zero-order valence-electron chi connectivity index (χ0n) is 14.2. The number of nitrogens with zero attached hydrogens (tertiary/aromatic N) is 2. The molecule has 1 aliphatic rings. The predicted octanol–water partition coefficient (Wildman–Crippen LogP) is 1.70. The first-order valence-corrected chi connectivity index (χ1v) is 8.26. The topological polar surface area (TPSA) is 81.9 Å². The van der Waals surface area contributed by atoms with Crippen LogP contribution in [-0.4, -0.2) is 28.5 Å². The van der Waals surface area contributed by atoms with Gasteiger partial charge in [0, 0.05) is 18.9 Å². The number of benzene rings is 1. The number of hydrogen-bond acceptors (Lipinski definition) is 5. The second kappa shape index (κ2) is 6.51. The van der Waals surface area contributed by atoms with Gasteiger partial charge in [-0.2, -0.15) is 0 Å². The lowest BCUT2D eigenvalue weighted by Gasteiger charge is -2.18. The summed E-state index contributed by atoms with van der Waals surface area (Å²) in [6.45, 7) is 3.18. The molecule has 7 heteroatoms. The molecule has 1 aliphatic heterocycles. The first kappa shape index (κ1) is 16.1. The summed E-state index contributed by atoms with van der Waals surface area (Å²) in [7, 11) is 0. The van der Waals surface area contributed by atoms with Crippen molar-refractivity contribution in [1.82, 2.24) is 14.7 Å². The van der Waals surface area contributed by atoms with Crippen LogP contribution in [0.4, 0.5) is 0 Å². The van der Waals surface area contributed by atoms with Gasteiger partial charge in [-0.1, -0.05) is 12.1 Å². The molecular formula is C19H17N3O4. The van der Waals surface area contributed by atoms with E-state index in [1.807, 2.05) is 31.2 Å². The van der Waals surface area contributed by atoms with Gasteiger partial charge in [-0.05, 0) is 36.2 Å². The Kier molecular flexibility index (Phi) is 4.04. The molecule has 26 heavy (non-hydrogen) atoms. The molecule has 4 rings (SSSR count). The van der Waals surface area contributed by atoms with Gasteiger partial charge in [-0.15, -0.1) is 0 Å². The van der Waals surface area contributed by atoms with E-state index >= 15 is 0 Å². The molecule has 0 unspecified atom stereocenters. The smallest absolute Gasteiger partial charge is 0.270 e. The second-order valence-corrected chi connectivity index (χ2v) is 6.07. The van der Waals surface area contributed by atoms with E-state index in [2.05, 4.69) is 10.3 Å². The summed E-state index contributed by atoms with van der Waals surface area (Å²) in [5, 5.41) is 2.75. The minimum atomic E-state index is -0.465. The van der Waals surface area contributed by atoms with Crippen LogP contribution in [0, 0.1) is 6.92 Å². The fraction of sp³-hybridized carbons (Fsp3) is 0.211. The normalized spacial score (nSPS) is 12.8. The van der Waals surface area contributed by atoms with Crippen molar-refractivity contribution in [3.63, 3.8) is 0 Å². The number of ether oxygens (including phenoxy) is 2. The number of fused-ring (bicyclic) bond motifs is 2. The molecule has 0 radical (unpaired) electrons. The summed E-state index contributed by atoms with van der Waals surface area (Å²) in [6.07, 6.45) is 2.98. The minimum absolute atomic E-state index is 0.00523. The van der Waals surface area contributed by atoms with Crippen molar-refractivity contribution >= 4 is 11.6 Å². The van der Waals surface area contributed by atoms with Crippen molar-refractivity contribution < 1.29 is 14.3 Å². The predicted molar refractivity (Wildman–Crippen MR) is 94.8 cm³/mol. The van der Waals surface area contributed by atoms with E-state index < -0.39 is 11.5 Å². The van der Waals surface area contributed by atoms with Crippen LogP contribution in [0.5, 0.6) is 11.5 Å². The van der Waals surface area contributed by atoms with Crippen LogP contribution in [-0.2, 0) is 6.54 Å². The molecule has 132 valence electrons. The first-order chi connectivity index (χ1) is 12.6. The van der Waals surface area contributed by atoms with Crippen molar-refractivity contribution in [3.8, 4) is 11.5 Å². The van der Waals surface area contributed by atoms with E-state index in [1.165, 1.54) is 10.6 Å². The third-order valence-corrected chi connectivity index (χ3v) is 4.15. The van der Waals surface area contributed by atoms with Gasteiger partial charge in [0.25, 0.3) is 11.5 Å². The van der Waals surface area contributed by atoms with Crippen LogP contribution in [0.25, 0.3) is 5.65 Å². The maximum atomic E-state index is 12.6. The molecule has 0 bridgehead atoms. The Morgan fingerprint density at radius 1 is 1.19 bits per heavy atom. The summed E-state index contributed by atoms with van der Waals surface area (Å²) in [5.41, 5.74) is 1.88. The highest BCUT2D eigenvalue weighted by Gasteiger charge is 2.15. The Bertz CT molecular complexity index is 1060. The number of amides is 1. The van der Waals surface area contributed by atoms with Gasteiger partial charge in [-0.25, -0.2) is 4.98 Å². The van der Waals surface area contributed by atoms with Crippen LogP contribution in [0.3, 0.4) is 0 Å². The average molecular weight is 351 g/mol. The molecule has 1 N–H and O–H groups in total. The molecule has 3 heterocycles. The number of hydrogen-bond donors (Lipinski definition) is 1. The summed E-state index contributed by atoms with van der Waals surface area (Å²) >= 11 is 0. The largest absolute Gasteiger partial charge is 0.486 e. The highest BCUT2D eigenvalue weighted by molar-refractivity contribution is 5.93. The van der Waals surface area contributed by atoms with E-state index in [4.69, 9.17) is 9.47 Å². The molecule has 0 fully saturated rings. The lowest BCUT2D eigenvalue weighted by Crippen LogP contribution is -2.31. The van der Waals surface area contributed by atoms with Crippen molar-refractivity contribution in [3.05, 3.63) is 69.8 Å². The third-order valence-electron chi connectivity index (χ3n) is 4.15. The van der Waals surface area contributed by atoms with Gasteiger partial charge in [-0.3, -0.25) is 14.0 Å². The molecular weight excluding hydrogens is 334 g/mol. The van der Waals surface area contributed by atoms with Gasteiger partial charge in [0.2, 0.25) is 0 Å². The zero-order chi connectivity index (χ0) is 18.1. The number of nitrogens with one attached hydrogen (secondary N) is 1. The standard InChI is InChI=1S/C19H17N3O4/c1-12-2-5-17-20-10-14(19(24)22(17)11-12)18(23)21-9-13-3-4-15-16(8-13)26-7-6-25-15/h2-5,8,10-11H,6-7,9H2,1H3,(H,21,23). The second-order valence-electron chi connectivity index (χ2n) is 6.07. The summed E-state index contributed by atoms with van der Waals surface area (Å²) in [6, 6.07) is 9.09. The molecule has 0 aliphatic carbocycles. The SMILES string of the molecule is Cc1ccc2ncc(C(=O)NCc3ccc4c(c3)OCCO4)c(=O)n2c1. The van der Waals surface area contributed by atoms with E-state index in [1.54, 1.807) is 12.3 Å². The maximum absolute atomic E-state index is 12.6. The summed E-state index contributed by atoms with van der Waals surface area (Å²) < 4.78 is 12.4. The molecule has 0 atom stereocenters. The number of aryl methyl sites for hydroxylation is 1. The average Bonchev–Trinajstić information content (AvgIpc) is 2.66. The van der Waals surface area contributed by atoms with Gasteiger partial charge < -0.3 is 14.8 Å². The molecule has 7 nitrogen and oxygen atoms in total. The Hall–Kier alpha value is -3.35. The monoisotopic (exact) mass is 351 g/mol. The van der Waals surface area contributed by atoms with Gasteiger partial charge in [0.15, 0.2) is 11.5 Å². The molecule has 2 aromatic heterocycles. The fourth-order valence-corrected chi connectivity index (χ4v) is 2.81. The molecule has 1 aromatic carbocycles. The van der Waals surface area contributed by atoms with E-state index in [0.717, 1.165) is 11.1 Å². The number of carbonyl (C=O) groups is 1. The lowest BCUT2D eigenvalue weighted by atomic mass is 10.2. The molecule has 3 aromatic rings.